The lowest BCUT2D eigenvalue weighted by molar-refractivity contribution is 0.0916. The van der Waals surface area contributed by atoms with Gasteiger partial charge in [0, 0.05) is 11.5 Å². The van der Waals surface area contributed by atoms with Crippen molar-refractivity contribution in [1.29, 1.82) is 0 Å². The third kappa shape index (κ3) is 2.20. The van der Waals surface area contributed by atoms with Gasteiger partial charge in [-0.25, -0.2) is 4.39 Å². The molecule has 0 amide bonds. The molecule has 0 aliphatic heterocycles. The molecule has 0 aromatic heterocycles. The van der Waals surface area contributed by atoms with Crippen LogP contribution in [0.3, 0.4) is 0 Å². The number of carbonyl (C=O) groups excluding carboxylic acids is 1. The van der Waals surface area contributed by atoms with Gasteiger partial charge in [0.2, 0.25) is 0 Å². The summed E-state index contributed by atoms with van der Waals surface area (Å²) in [6.07, 6.45) is 2.19. The van der Waals surface area contributed by atoms with E-state index in [1.165, 1.54) is 18.2 Å². The van der Waals surface area contributed by atoms with Crippen LogP contribution >= 0.6 is 11.6 Å². The Bertz CT molecular complexity index is 399. The van der Waals surface area contributed by atoms with Crippen LogP contribution in [0.5, 0.6) is 0 Å². The third-order valence-electron chi connectivity index (χ3n) is 2.94. The van der Waals surface area contributed by atoms with Gasteiger partial charge in [-0.15, -0.1) is 0 Å². The van der Waals surface area contributed by atoms with Gasteiger partial charge in [-0.05, 0) is 37.0 Å². The number of benzene rings is 1. The van der Waals surface area contributed by atoms with E-state index >= 15 is 0 Å². The summed E-state index contributed by atoms with van der Waals surface area (Å²) in [6, 6.07) is 3.92. The first kappa shape index (κ1) is 10.6. The number of Topliss-reactive ketones (excluding diaryl/α,β-unsaturated/α-hetero) is 1. The summed E-state index contributed by atoms with van der Waals surface area (Å²) >= 11 is 5.87. The highest BCUT2D eigenvalue weighted by atomic mass is 35.5. The van der Waals surface area contributed by atoms with E-state index in [9.17, 15) is 9.18 Å². The second-order valence-corrected chi connectivity index (χ2v) is 4.52. The molecule has 0 saturated heterocycles. The van der Waals surface area contributed by atoms with Crippen LogP contribution in [0.15, 0.2) is 18.2 Å². The third-order valence-corrected chi connectivity index (χ3v) is 3.27. The standard InChI is InChI=1S/C12H12ClFO/c1-7(8-2-3-8)12(15)10-6-9(14)4-5-11(10)13/h4-8H,2-3H2,1H3. The van der Waals surface area contributed by atoms with Crippen molar-refractivity contribution >= 4 is 17.4 Å². The topological polar surface area (TPSA) is 17.1 Å². The zero-order chi connectivity index (χ0) is 11.0. The van der Waals surface area contributed by atoms with E-state index in [0.29, 0.717) is 16.5 Å². The van der Waals surface area contributed by atoms with Gasteiger partial charge < -0.3 is 0 Å². The average Bonchev–Trinajstić information content (AvgIpc) is 3.03. The highest BCUT2D eigenvalue weighted by molar-refractivity contribution is 6.34. The molecule has 0 radical (unpaired) electrons. The molecule has 1 aromatic carbocycles. The monoisotopic (exact) mass is 226 g/mol. The minimum Gasteiger partial charge on any atom is -0.294 e. The second-order valence-electron chi connectivity index (χ2n) is 4.11. The molecule has 1 aromatic rings. The predicted octanol–water partition coefficient (Wildman–Crippen LogP) is 3.71. The molecule has 1 nitrogen and oxygen atoms in total. The van der Waals surface area contributed by atoms with Crippen LogP contribution in [0.4, 0.5) is 4.39 Å². The van der Waals surface area contributed by atoms with Crippen LogP contribution < -0.4 is 0 Å². The molecule has 0 spiro atoms. The molecule has 3 heteroatoms. The van der Waals surface area contributed by atoms with Crippen molar-refractivity contribution in [2.45, 2.75) is 19.8 Å². The molecule has 1 atom stereocenters. The van der Waals surface area contributed by atoms with E-state index in [1.54, 1.807) is 0 Å². The van der Waals surface area contributed by atoms with Crippen molar-refractivity contribution in [1.82, 2.24) is 0 Å². The molecule has 1 aliphatic carbocycles. The van der Waals surface area contributed by atoms with Crippen molar-refractivity contribution < 1.29 is 9.18 Å². The van der Waals surface area contributed by atoms with Crippen molar-refractivity contribution in [2.24, 2.45) is 11.8 Å². The molecule has 1 saturated carbocycles. The summed E-state index contributed by atoms with van der Waals surface area (Å²) in [5.41, 5.74) is 0.316. The number of hydrogen-bond acceptors (Lipinski definition) is 1. The molecule has 1 aliphatic rings. The van der Waals surface area contributed by atoms with Crippen molar-refractivity contribution in [3.05, 3.63) is 34.6 Å². The maximum absolute atomic E-state index is 13.0. The van der Waals surface area contributed by atoms with Gasteiger partial charge in [-0.3, -0.25) is 4.79 Å². The zero-order valence-electron chi connectivity index (χ0n) is 8.47. The summed E-state index contributed by atoms with van der Waals surface area (Å²) in [7, 11) is 0. The van der Waals surface area contributed by atoms with Gasteiger partial charge in [0.1, 0.15) is 5.82 Å². The first-order valence-corrected chi connectivity index (χ1v) is 5.46. The Morgan fingerprint density at radius 2 is 2.20 bits per heavy atom. The second kappa shape index (κ2) is 3.93. The molecular weight excluding hydrogens is 215 g/mol. The summed E-state index contributed by atoms with van der Waals surface area (Å²) in [4.78, 5) is 11.9. The molecule has 80 valence electrons. The smallest absolute Gasteiger partial charge is 0.167 e. The van der Waals surface area contributed by atoms with Crippen LogP contribution in [0.2, 0.25) is 5.02 Å². The fourth-order valence-electron chi connectivity index (χ4n) is 1.74. The van der Waals surface area contributed by atoms with Crippen LogP contribution in [-0.4, -0.2) is 5.78 Å². The zero-order valence-corrected chi connectivity index (χ0v) is 9.22. The lowest BCUT2D eigenvalue weighted by Crippen LogP contribution is -2.13. The van der Waals surface area contributed by atoms with Gasteiger partial charge in [0.15, 0.2) is 5.78 Å². The maximum Gasteiger partial charge on any atom is 0.167 e. The first-order chi connectivity index (χ1) is 7.09. The minimum absolute atomic E-state index is 0.0377. The predicted molar refractivity (Wildman–Crippen MR) is 57.6 cm³/mol. The largest absolute Gasteiger partial charge is 0.294 e. The lowest BCUT2D eigenvalue weighted by Gasteiger charge is -2.10. The number of ketones is 1. The molecule has 15 heavy (non-hydrogen) atoms. The Morgan fingerprint density at radius 1 is 1.53 bits per heavy atom. The maximum atomic E-state index is 13.0. The Morgan fingerprint density at radius 3 is 2.80 bits per heavy atom. The molecule has 1 unspecified atom stereocenters. The Kier molecular flexibility index (Phi) is 2.79. The van der Waals surface area contributed by atoms with E-state index in [1.807, 2.05) is 6.92 Å². The quantitative estimate of drug-likeness (QED) is 0.719. The van der Waals surface area contributed by atoms with E-state index in [2.05, 4.69) is 0 Å². The van der Waals surface area contributed by atoms with E-state index in [4.69, 9.17) is 11.6 Å². The van der Waals surface area contributed by atoms with Crippen LogP contribution in [-0.2, 0) is 0 Å². The van der Waals surface area contributed by atoms with E-state index in [0.717, 1.165) is 12.8 Å². The first-order valence-electron chi connectivity index (χ1n) is 5.09. The van der Waals surface area contributed by atoms with Gasteiger partial charge in [0.25, 0.3) is 0 Å². The van der Waals surface area contributed by atoms with Gasteiger partial charge in [0.05, 0.1) is 5.02 Å². The van der Waals surface area contributed by atoms with Crippen molar-refractivity contribution in [3.63, 3.8) is 0 Å². The molecule has 1 fully saturated rings. The number of hydrogen-bond donors (Lipinski definition) is 0. The van der Waals surface area contributed by atoms with Gasteiger partial charge >= 0.3 is 0 Å². The summed E-state index contributed by atoms with van der Waals surface area (Å²) in [5.74, 6) is -0.0196. The van der Waals surface area contributed by atoms with Crippen molar-refractivity contribution in [2.75, 3.05) is 0 Å². The lowest BCUT2D eigenvalue weighted by atomic mass is 9.95. The van der Waals surface area contributed by atoms with Gasteiger partial charge in [-0.2, -0.15) is 0 Å². The Labute approximate surface area is 93.2 Å². The van der Waals surface area contributed by atoms with Crippen LogP contribution in [0, 0.1) is 17.7 Å². The number of rotatable bonds is 3. The number of halogens is 2. The number of carbonyl (C=O) groups is 1. The van der Waals surface area contributed by atoms with Crippen LogP contribution in [0.25, 0.3) is 0 Å². The fraction of sp³-hybridized carbons (Fsp3) is 0.417. The molecule has 0 N–H and O–H groups in total. The summed E-state index contributed by atoms with van der Waals surface area (Å²) in [5, 5.41) is 0.342. The summed E-state index contributed by atoms with van der Waals surface area (Å²) < 4.78 is 13.0. The minimum atomic E-state index is -0.411. The fourth-order valence-corrected chi connectivity index (χ4v) is 1.95. The van der Waals surface area contributed by atoms with Gasteiger partial charge in [-0.1, -0.05) is 18.5 Å². The Balaban J connectivity index is 2.27. The van der Waals surface area contributed by atoms with Crippen molar-refractivity contribution in [3.8, 4) is 0 Å². The molecule has 0 heterocycles. The molecular formula is C12H12ClFO. The Hall–Kier alpha value is -0.890. The molecule has 0 bridgehead atoms. The SMILES string of the molecule is CC(C(=O)c1cc(F)ccc1Cl)C1CC1. The van der Waals surface area contributed by atoms with Crippen LogP contribution in [0.1, 0.15) is 30.1 Å². The highest BCUT2D eigenvalue weighted by Gasteiger charge is 2.33. The average molecular weight is 227 g/mol. The highest BCUT2D eigenvalue weighted by Crippen LogP contribution is 2.38. The summed E-state index contributed by atoms with van der Waals surface area (Å²) in [6.45, 7) is 1.89. The van der Waals surface area contributed by atoms with E-state index in [-0.39, 0.29) is 11.7 Å². The van der Waals surface area contributed by atoms with E-state index < -0.39 is 5.82 Å². The normalized spacial score (nSPS) is 17.5. The molecule has 2 rings (SSSR count).